The largest absolute Gasteiger partial charge is 0.497 e. The van der Waals surface area contributed by atoms with Crippen LogP contribution in [0.1, 0.15) is 5.56 Å². The lowest BCUT2D eigenvalue weighted by atomic mass is 10.2. The molecule has 0 spiro atoms. The molecule has 7 nitrogen and oxygen atoms in total. The topological polar surface area (TPSA) is 74.3 Å². The smallest absolute Gasteiger partial charge is 0.319 e. The quantitative estimate of drug-likeness (QED) is 0.659. The highest BCUT2D eigenvalue weighted by Gasteiger charge is 2.16. The number of rotatable bonds is 8. The first-order valence-corrected chi connectivity index (χ1v) is 6.60. The first-order chi connectivity index (χ1) is 10.5. The zero-order chi connectivity index (χ0) is 16.5. The van der Waals surface area contributed by atoms with E-state index in [0.29, 0.717) is 18.0 Å². The molecule has 0 saturated heterocycles. The molecule has 0 heterocycles. The van der Waals surface area contributed by atoms with E-state index in [9.17, 15) is 9.59 Å². The number of carbonyl (C=O) groups is 2. The zero-order valence-corrected chi connectivity index (χ0v) is 13.3. The van der Waals surface area contributed by atoms with E-state index in [2.05, 4.69) is 9.47 Å². The summed E-state index contributed by atoms with van der Waals surface area (Å²) in [5.74, 6) is 0.397. The number of hydrogen-bond acceptors (Lipinski definition) is 7. The second kappa shape index (κ2) is 8.89. The van der Waals surface area contributed by atoms with Crippen molar-refractivity contribution in [2.45, 2.75) is 6.54 Å². The average molecular weight is 311 g/mol. The van der Waals surface area contributed by atoms with E-state index < -0.39 is 11.9 Å². The second-order valence-electron chi connectivity index (χ2n) is 4.52. The van der Waals surface area contributed by atoms with Crippen LogP contribution >= 0.6 is 0 Å². The summed E-state index contributed by atoms with van der Waals surface area (Å²) < 4.78 is 19.7. The highest BCUT2D eigenvalue weighted by molar-refractivity contribution is 5.74. The van der Waals surface area contributed by atoms with Gasteiger partial charge in [-0.25, -0.2) is 0 Å². The van der Waals surface area contributed by atoms with Crippen LogP contribution < -0.4 is 9.47 Å². The number of hydrogen-bond donors (Lipinski definition) is 0. The zero-order valence-electron chi connectivity index (χ0n) is 13.3. The number of methoxy groups -OCH3 is 4. The Morgan fingerprint density at radius 3 is 1.68 bits per heavy atom. The minimum atomic E-state index is -0.432. The molecule has 0 N–H and O–H groups in total. The molecule has 1 rings (SSSR count). The number of ether oxygens (including phenoxy) is 4. The van der Waals surface area contributed by atoms with Crippen LogP contribution in [-0.2, 0) is 25.6 Å². The maximum atomic E-state index is 11.5. The Balaban J connectivity index is 2.91. The van der Waals surface area contributed by atoms with E-state index in [-0.39, 0.29) is 13.1 Å². The van der Waals surface area contributed by atoms with Crippen LogP contribution in [0.25, 0.3) is 0 Å². The molecule has 0 amide bonds. The van der Waals surface area contributed by atoms with Crippen LogP contribution in [0.15, 0.2) is 18.2 Å². The molecule has 7 heteroatoms. The molecule has 22 heavy (non-hydrogen) atoms. The van der Waals surface area contributed by atoms with Crippen molar-refractivity contribution < 1.29 is 28.5 Å². The van der Waals surface area contributed by atoms with Crippen LogP contribution in [-0.4, -0.2) is 58.4 Å². The van der Waals surface area contributed by atoms with Gasteiger partial charge in [0.2, 0.25) is 0 Å². The minimum Gasteiger partial charge on any atom is -0.497 e. The van der Waals surface area contributed by atoms with Gasteiger partial charge < -0.3 is 18.9 Å². The van der Waals surface area contributed by atoms with E-state index >= 15 is 0 Å². The molecule has 1 aromatic carbocycles. The molecule has 0 aromatic heterocycles. The van der Waals surface area contributed by atoms with Gasteiger partial charge in [0.25, 0.3) is 0 Å². The lowest BCUT2D eigenvalue weighted by Crippen LogP contribution is -2.35. The van der Waals surface area contributed by atoms with E-state index in [1.807, 2.05) is 12.1 Å². The third-order valence-corrected chi connectivity index (χ3v) is 2.98. The van der Waals surface area contributed by atoms with Crippen molar-refractivity contribution in [3.8, 4) is 11.5 Å². The predicted molar refractivity (Wildman–Crippen MR) is 78.9 cm³/mol. The maximum absolute atomic E-state index is 11.5. The van der Waals surface area contributed by atoms with Gasteiger partial charge in [-0.05, 0) is 17.7 Å². The average Bonchev–Trinajstić information content (AvgIpc) is 2.53. The van der Waals surface area contributed by atoms with Crippen LogP contribution in [0.5, 0.6) is 11.5 Å². The molecule has 0 aliphatic carbocycles. The molecule has 0 bridgehead atoms. The Morgan fingerprint density at radius 1 is 0.864 bits per heavy atom. The number of esters is 2. The summed E-state index contributed by atoms with van der Waals surface area (Å²) in [7, 11) is 5.71. The van der Waals surface area contributed by atoms with Gasteiger partial charge in [0.15, 0.2) is 0 Å². The fraction of sp³-hybridized carbons (Fsp3) is 0.467. The molecule has 0 unspecified atom stereocenters. The monoisotopic (exact) mass is 311 g/mol. The fourth-order valence-electron chi connectivity index (χ4n) is 1.88. The van der Waals surface area contributed by atoms with E-state index in [1.54, 1.807) is 25.2 Å². The van der Waals surface area contributed by atoms with Gasteiger partial charge in [-0.15, -0.1) is 0 Å². The lowest BCUT2D eigenvalue weighted by Gasteiger charge is -2.20. The summed E-state index contributed by atoms with van der Waals surface area (Å²) in [6.07, 6.45) is 0. The molecule has 122 valence electrons. The van der Waals surface area contributed by atoms with Gasteiger partial charge in [-0.2, -0.15) is 0 Å². The molecule has 0 saturated carbocycles. The minimum absolute atomic E-state index is 0.0227. The van der Waals surface area contributed by atoms with Gasteiger partial charge in [-0.3, -0.25) is 14.5 Å². The van der Waals surface area contributed by atoms with E-state index in [1.165, 1.54) is 14.2 Å². The highest BCUT2D eigenvalue weighted by Crippen LogP contribution is 2.23. The SMILES string of the molecule is COC(=O)CN(CC(=O)OC)Cc1cc(OC)cc(OC)c1. The highest BCUT2D eigenvalue weighted by atomic mass is 16.5. The van der Waals surface area contributed by atoms with E-state index in [4.69, 9.17) is 9.47 Å². The van der Waals surface area contributed by atoms with Crippen LogP contribution in [0.2, 0.25) is 0 Å². The Bertz CT molecular complexity index is 477. The first kappa shape index (κ1) is 17.8. The third-order valence-electron chi connectivity index (χ3n) is 2.98. The maximum Gasteiger partial charge on any atom is 0.319 e. The fourth-order valence-corrected chi connectivity index (χ4v) is 1.88. The molecular weight excluding hydrogens is 290 g/mol. The van der Waals surface area contributed by atoms with Gasteiger partial charge in [0.1, 0.15) is 11.5 Å². The standard InChI is InChI=1S/C15H21NO6/c1-19-12-5-11(6-13(7-12)20-2)8-16(9-14(17)21-3)10-15(18)22-4/h5-7H,8-10H2,1-4H3. The molecule has 0 radical (unpaired) electrons. The van der Waals surface area contributed by atoms with Crippen molar-refractivity contribution in [3.63, 3.8) is 0 Å². The number of carbonyl (C=O) groups excluding carboxylic acids is 2. The molecule has 0 aliphatic heterocycles. The van der Waals surface area contributed by atoms with Crippen LogP contribution in [0.4, 0.5) is 0 Å². The summed E-state index contributed by atoms with van der Waals surface area (Å²) in [5.41, 5.74) is 0.837. The predicted octanol–water partition coefficient (Wildman–Crippen LogP) is 0.852. The van der Waals surface area contributed by atoms with Gasteiger partial charge in [-0.1, -0.05) is 0 Å². The molecule has 0 atom stereocenters. The Morgan fingerprint density at radius 2 is 1.32 bits per heavy atom. The summed E-state index contributed by atoms with van der Waals surface area (Å²) in [5, 5.41) is 0. The molecule has 1 aromatic rings. The van der Waals surface area contributed by atoms with Crippen molar-refractivity contribution in [1.82, 2.24) is 4.90 Å². The Labute approximate surface area is 129 Å². The Kier molecular flexibility index (Phi) is 7.18. The third kappa shape index (κ3) is 5.61. The van der Waals surface area contributed by atoms with Crippen molar-refractivity contribution in [2.75, 3.05) is 41.5 Å². The molecule has 0 fully saturated rings. The van der Waals surface area contributed by atoms with Crippen molar-refractivity contribution in [2.24, 2.45) is 0 Å². The lowest BCUT2D eigenvalue weighted by molar-refractivity contribution is -0.145. The van der Waals surface area contributed by atoms with Crippen molar-refractivity contribution in [1.29, 1.82) is 0 Å². The van der Waals surface area contributed by atoms with Crippen molar-refractivity contribution in [3.05, 3.63) is 23.8 Å². The van der Waals surface area contributed by atoms with Gasteiger partial charge in [0.05, 0.1) is 41.5 Å². The molecular formula is C15H21NO6. The van der Waals surface area contributed by atoms with Crippen molar-refractivity contribution >= 4 is 11.9 Å². The first-order valence-electron chi connectivity index (χ1n) is 6.60. The van der Waals surface area contributed by atoms with Crippen LogP contribution in [0.3, 0.4) is 0 Å². The number of benzene rings is 1. The number of nitrogens with zero attached hydrogens (tertiary/aromatic N) is 1. The summed E-state index contributed by atoms with van der Waals surface area (Å²) in [6, 6.07) is 5.36. The second-order valence-corrected chi connectivity index (χ2v) is 4.52. The van der Waals surface area contributed by atoms with Gasteiger partial charge in [0, 0.05) is 12.6 Å². The van der Waals surface area contributed by atoms with Crippen LogP contribution in [0, 0.1) is 0 Å². The van der Waals surface area contributed by atoms with E-state index in [0.717, 1.165) is 5.56 Å². The summed E-state index contributed by atoms with van der Waals surface area (Å²) >= 11 is 0. The normalized spacial score (nSPS) is 10.2. The van der Waals surface area contributed by atoms with Gasteiger partial charge >= 0.3 is 11.9 Å². The molecule has 0 aliphatic rings. The Hall–Kier alpha value is -2.28. The summed E-state index contributed by atoms with van der Waals surface area (Å²) in [4.78, 5) is 24.5. The summed E-state index contributed by atoms with van der Waals surface area (Å²) in [6.45, 7) is 0.300.